The molecule has 0 aliphatic heterocycles. The third-order valence-electron chi connectivity index (χ3n) is 1.83. The zero-order chi connectivity index (χ0) is 12.8. The highest BCUT2D eigenvalue weighted by molar-refractivity contribution is 5.91. The van der Waals surface area contributed by atoms with Crippen LogP contribution in [0.4, 0.5) is 5.82 Å². The average Bonchev–Trinajstić information content (AvgIpc) is 2.27. The van der Waals surface area contributed by atoms with Gasteiger partial charge in [0, 0.05) is 6.20 Å². The van der Waals surface area contributed by atoms with Crippen LogP contribution in [0, 0.1) is 0 Å². The van der Waals surface area contributed by atoms with E-state index in [9.17, 15) is 9.59 Å². The van der Waals surface area contributed by atoms with Crippen LogP contribution in [0.25, 0.3) is 0 Å². The van der Waals surface area contributed by atoms with E-state index in [1.165, 1.54) is 18.3 Å². The molecule has 0 spiro atoms. The number of carboxylic acid groups (broad SMARTS) is 1. The van der Waals surface area contributed by atoms with Gasteiger partial charge in [0.05, 0.1) is 11.7 Å². The SMILES string of the molecule is CC(C)OCC(=O)Nc1ccc(C(=O)O)cn1. The second-order valence-electron chi connectivity index (χ2n) is 3.65. The molecule has 1 aromatic rings. The van der Waals surface area contributed by atoms with Gasteiger partial charge in [0.1, 0.15) is 12.4 Å². The molecule has 0 unspecified atom stereocenters. The topological polar surface area (TPSA) is 88.5 Å². The molecule has 0 saturated heterocycles. The summed E-state index contributed by atoms with van der Waals surface area (Å²) >= 11 is 0. The van der Waals surface area contributed by atoms with Crippen molar-refractivity contribution in [3.63, 3.8) is 0 Å². The smallest absolute Gasteiger partial charge is 0.337 e. The molecule has 0 bridgehead atoms. The van der Waals surface area contributed by atoms with Gasteiger partial charge >= 0.3 is 5.97 Å². The molecule has 1 amide bonds. The highest BCUT2D eigenvalue weighted by Crippen LogP contribution is 2.05. The Balaban J connectivity index is 2.51. The lowest BCUT2D eigenvalue weighted by Crippen LogP contribution is -2.21. The van der Waals surface area contributed by atoms with E-state index in [1.54, 1.807) is 0 Å². The Bertz CT molecular complexity index is 400. The minimum atomic E-state index is -1.06. The van der Waals surface area contributed by atoms with Crippen molar-refractivity contribution in [2.45, 2.75) is 20.0 Å². The predicted octanol–water partition coefficient (Wildman–Crippen LogP) is 1.14. The van der Waals surface area contributed by atoms with E-state index in [-0.39, 0.29) is 24.2 Å². The van der Waals surface area contributed by atoms with Crippen molar-refractivity contribution in [3.05, 3.63) is 23.9 Å². The Morgan fingerprint density at radius 3 is 2.65 bits per heavy atom. The van der Waals surface area contributed by atoms with Crippen LogP contribution in [0.1, 0.15) is 24.2 Å². The molecule has 6 heteroatoms. The molecule has 17 heavy (non-hydrogen) atoms. The molecule has 0 fully saturated rings. The summed E-state index contributed by atoms with van der Waals surface area (Å²) in [4.78, 5) is 25.7. The second kappa shape index (κ2) is 5.95. The van der Waals surface area contributed by atoms with Gasteiger partial charge in [-0.1, -0.05) is 0 Å². The van der Waals surface area contributed by atoms with Gasteiger partial charge in [0.25, 0.3) is 5.91 Å². The largest absolute Gasteiger partial charge is 0.478 e. The number of nitrogens with one attached hydrogen (secondary N) is 1. The Kier molecular flexibility index (Phi) is 4.59. The molecular weight excluding hydrogens is 224 g/mol. The maximum absolute atomic E-state index is 11.3. The van der Waals surface area contributed by atoms with Crippen molar-refractivity contribution in [1.29, 1.82) is 0 Å². The first-order valence-corrected chi connectivity index (χ1v) is 5.10. The molecule has 1 rings (SSSR count). The van der Waals surface area contributed by atoms with Gasteiger partial charge in [-0.25, -0.2) is 9.78 Å². The Morgan fingerprint density at radius 2 is 2.18 bits per heavy atom. The fraction of sp³-hybridized carbons (Fsp3) is 0.364. The number of nitrogens with zero attached hydrogens (tertiary/aromatic N) is 1. The van der Waals surface area contributed by atoms with Gasteiger partial charge in [0.2, 0.25) is 0 Å². The quantitative estimate of drug-likeness (QED) is 0.803. The van der Waals surface area contributed by atoms with Gasteiger partial charge in [-0.05, 0) is 26.0 Å². The van der Waals surface area contributed by atoms with E-state index in [0.717, 1.165) is 0 Å². The predicted molar refractivity (Wildman–Crippen MR) is 60.9 cm³/mol. The summed E-state index contributed by atoms with van der Waals surface area (Å²) in [6.07, 6.45) is 1.16. The summed E-state index contributed by atoms with van der Waals surface area (Å²) in [5.74, 6) is -1.08. The number of carboxylic acids is 1. The number of carbonyl (C=O) groups excluding carboxylic acids is 1. The van der Waals surface area contributed by atoms with Crippen molar-refractivity contribution in [2.24, 2.45) is 0 Å². The van der Waals surface area contributed by atoms with Crippen molar-refractivity contribution in [3.8, 4) is 0 Å². The lowest BCUT2D eigenvalue weighted by atomic mass is 10.3. The van der Waals surface area contributed by atoms with E-state index in [4.69, 9.17) is 9.84 Å². The minimum absolute atomic E-state index is 0.0249. The molecular formula is C11H14N2O4. The number of carbonyl (C=O) groups is 2. The van der Waals surface area contributed by atoms with Gasteiger partial charge in [-0.3, -0.25) is 4.79 Å². The van der Waals surface area contributed by atoms with E-state index < -0.39 is 5.97 Å². The number of hydrogen-bond donors (Lipinski definition) is 2. The van der Waals surface area contributed by atoms with Crippen LogP contribution in [0.5, 0.6) is 0 Å². The van der Waals surface area contributed by atoms with Gasteiger partial charge < -0.3 is 15.2 Å². The van der Waals surface area contributed by atoms with E-state index in [1.807, 2.05) is 13.8 Å². The first-order chi connectivity index (χ1) is 7.99. The van der Waals surface area contributed by atoms with E-state index in [2.05, 4.69) is 10.3 Å². The van der Waals surface area contributed by atoms with Crippen LogP contribution < -0.4 is 5.32 Å². The summed E-state index contributed by atoms with van der Waals surface area (Å²) in [6.45, 7) is 3.60. The van der Waals surface area contributed by atoms with Gasteiger partial charge in [-0.2, -0.15) is 0 Å². The summed E-state index contributed by atoms with van der Waals surface area (Å²) in [6, 6.07) is 2.80. The normalized spacial score (nSPS) is 10.3. The number of hydrogen-bond acceptors (Lipinski definition) is 4. The Hall–Kier alpha value is -1.95. The zero-order valence-electron chi connectivity index (χ0n) is 9.64. The van der Waals surface area contributed by atoms with Crippen LogP contribution >= 0.6 is 0 Å². The number of aromatic nitrogens is 1. The van der Waals surface area contributed by atoms with Crippen molar-refractivity contribution in [1.82, 2.24) is 4.98 Å². The third-order valence-corrected chi connectivity index (χ3v) is 1.83. The molecule has 92 valence electrons. The van der Waals surface area contributed by atoms with Crippen LogP contribution in [0.15, 0.2) is 18.3 Å². The first-order valence-electron chi connectivity index (χ1n) is 5.10. The maximum atomic E-state index is 11.3. The number of pyridine rings is 1. The fourth-order valence-electron chi connectivity index (χ4n) is 1.02. The van der Waals surface area contributed by atoms with Crippen molar-refractivity contribution >= 4 is 17.7 Å². The molecule has 0 atom stereocenters. The van der Waals surface area contributed by atoms with Crippen molar-refractivity contribution in [2.75, 3.05) is 11.9 Å². The van der Waals surface area contributed by atoms with Crippen LogP contribution in [-0.4, -0.2) is 34.7 Å². The number of ether oxygens (including phenoxy) is 1. The number of anilines is 1. The van der Waals surface area contributed by atoms with Crippen LogP contribution in [-0.2, 0) is 9.53 Å². The molecule has 1 aromatic heterocycles. The maximum Gasteiger partial charge on any atom is 0.337 e. The first kappa shape index (κ1) is 13.1. The zero-order valence-corrected chi connectivity index (χ0v) is 9.64. The van der Waals surface area contributed by atoms with Crippen LogP contribution in [0.2, 0.25) is 0 Å². The monoisotopic (exact) mass is 238 g/mol. The standard InChI is InChI=1S/C11H14N2O4/c1-7(2)17-6-10(14)13-9-4-3-8(5-12-9)11(15)16/h3-5,7H,6H2,1-2H3,(H,15,16)(H,12,13,14). The lowest BCUT2D eigenvalue weighted by molar-refractivity contribution is -0.121. The summed E-state index contributed by atoms with van der Waals surface area (Å²) < 4.78 is 5.10. The fourth-order valence-corrected chi connectivity index (χ4v) is 1.02. The van der Waals surface area contributed by atoms with Crippen LogP contribution in [0.3, 0.4) is 0 Å². The Labute approximate surface area is 98.6 Å². The highest BCUT2D eigenvalue weighted by Gasteiger charge is 2.06. The van der Waals surface area contributed by atoms with E-state index >= 15 is 0 Å². The van der Waals surface area contributed by atoms with Gasteiger partial charge in [0.15, 0.2) is 0 Å². The minimum Gasteiger partial charge on any atom is -0.478 e. The summed E-state index contributed by atoms with van der Waals surface area (Å²) in [5.41, 5.74) is 0.0708. The molecule has 0 aliphatic carbocycles. The number of rotatable bonds is 5. The summed E-state index contributed by atoms with van der Waals surface area (Å²) in [7, 11) is 0. The molecule has 0 aliphatic rings. The highest BCUT2D eigenvalue weighted by atomic mass is 16.5. The van der Waals surface area contributed by atoms with E-state index in [0.29, 0.717) is 5.82 Å². The molecule has 1 heterocycles. The molecule has 0 saturated carbocycles. The van der Waals surface area contributed by atoms with Gasteiger partial charge in [-0.15, -0.1) is 0 Å². The number of aromatic carboxylic acids is 1. The average molecular weight is 238 g/mol. The molecule has 2 N–H and O–H groups in total. The van der Waals surface area contributed by atoms with Crippen molar-refractivity contribution < 1.29 is 19.4 Å². The number of amides is 1. The molecule has 0 aromatic carbocycles. The molecule has 6 nitrogen and oxygen atoms in total. The molecule has 0 radical (unpaired) electrons. The Morgan fingerprint density at radius 1 is 1.47 bits per heavy atom. The lowest BCUT2D eigenvalue weighted by Gasteiger charge is -2.07. The third kappa shape index (κ3) is 4.60. The summed E-state index contributed by atoms with van der Waals surface area (Å²) in [5, 5.41) is 11.2. The second-order valence-corrected chi connectivity index (χ2v) is 3.65.